The number of hydrogen-bond donors (Lipinski definition) is 0. The van der Waals surface area contributed by atoms with E-state index in [1.54, 1.807) is 0 Å². The second kappa shape index (κ2) is 10.4. The minimum atomic E-state index is -0.105. The molecular formula is C51H32OS. The first-order valence-electron chi connectivity index (χ1n) is 18.4. The Kier molecular flexibility index (Phi) is 5.78. The van der Waals surface area contributed by atoms with Gasteiger partial charge in [0.25, 0.3) is 0 Å². The molecule has 1 aliphatic rings. The zero-order chi connectivity index (χ0) is 35.0. The summed E-state index contributed by atoms with van der Waals surface area (Å²) in [6, 6.07) is 58.7. The first-order valence-corrected chi connectivity index (χ1v) is 19.2. The quantitative estimate of drug-likeness (QED) is 0.164. The van der Waals surface area contributed by atoms with E-state index < -0.39 is 0 Å². The zero-order valence-corrected chi connectivity index (χ0v) is 30.1. The standard InChI is InChI=1S/C51H32OS/c1-51(2)43-22-20-29(23-40(43)41-24-32-28-48-42(25-31(32)26-44(41)51)35-12-8-10-18-47(35)53-48)49-36-13-3-5-15-38(36)50(39-16-6-4-14-37(39)49)30-19-21-34-33-11-7-9-17-45(33)52-46(34)27-30/h3-28H,1-2H3. The van der Waals surface area contributed by atoms with Crippen LogP contribution in [0.4, 0.5) is 0 Å². The van der Waals surface area contributed by atoms with Crippen molar-refractivity contribution in [1.29, 1.82) is 0 Å². The summed E-state index contributed by atoms with van der Waals surface area (Å²) in [5, 5.41) is 12.6. The van der Waals surface area contributed by atoms with Gasteiger partial charge in [0.15, 0.2) is 0 Å². The number of benzene rings is 9. The molecule has 12 rings (SSSR count). The van der Waals surface area contributed by atoms with E-state index in [4.69, 9.17) is 4.42 Å². The van der Waals surface area contributed by atoms with Crippen molar-refractivity contribution >= 4 is 85.8 Å². The van der Waals surface area contributed by atoms with Crippen LogP contribution in [0, 0.1) is 0 Å². The Morgan fingerprint density at radius 1 is 0.396 bits per heavy atom. The van der Waals surface area contributed by atoms with Crippen LogP contribution in [0.15, 0.2) is 162 Å². The van der Waals surface area contributed by atoms with Crippen LogP contribution >= 0.6 is 11.3 Å². The van der Waals surface area contributed by atoms with Gasteiger partial charge in [0.05, 0.1) is 0 Å². The minimum absolute atomic E-state index is 0.105. The van der Waals surface area contributed by atoms with E-state index in [-0.39, 0.29) is 5.41 Å². The molecule has 2 heteroatoms. The normalized spacial score (nSPS) is 13.6. The molecule has 9 aromatic carbocycles. The van der Waals surface area contributed by atoms with Gasteiger partial charge in [-0.05, 0) is 131 Å². The lowest BCUT2D eigenvalue weighted by molar-refractivity contribution is 0.661. The van der Waals surface area contributed by atoms with Crippen LogP contribution in [0.3, 0.4) is 0 Å². The van der Waals surface area contributed by atoms with Gasteiger partial charge in [-0.15, -0.1) is 11.3 Å². The van der Waals surface area contributed by atoms with Gasteiger partial charge in [-0.2, -0.15) is 0 Å². The van der Waals surface area contributed by atoms with E-state index in [1.165, 1.54) is 97.0 Å². The highest BCUT2D eigenvalue weighted by Gasteiger charge is 2.36. The van der Waals surface area contributed by atoms with Crippen molar-refractivity contribution in [3.8, 4) is 33.4 Å². The van der Waals surface area contributed by atoms with Gasteiger partial charge < -0.3 is 4.42 Å². The van der Waals surface area contributed by atoms with E-state index in [1.807, 2.05) is 17.4 Å². The smallest absolute Gasteiger partial charge is 0.136 e. The highest BCUT2D eigenvalue weighted by atomic mass is 32.1. The Labute approximate surface area is 310 Å². The molecule has 53 heavy (non-hydrogen) atoms. The maximum atomic E-state index is 6.38. The van der Waals surface area contributed by atoms with Crippen LogP contribution in [-0.2, 0) is 5.41 Å². The molecule has 248 valence electrons. The molecule has 0 aliphatic heterocycles. The predicted molar refractivity (Wildman–Crippen MR) is 228 cm³/mol. The molecule has 1 aliphatic carbocycles. The molecule has 0 unspecified atom stereocenters. The van der Waals surface area contributed by atoms with Crippen LogP contribution < -0.4 is 0 Å². The highest BCUT2D eigenvalue weighted by molar-refractivity contribution is 7.25. The third-order valence-electron chi connectivity index (χ3n) is 12.0. The summed E-state index contributed by atoms with van der Waals surface area (Å²) in [6.07, 6.45) is 0. The fourth-order valence-corrected chi connectivity index (χ4v) is 10.6. The van der Waals surface area contributed by atoms with Crippen molar-refractivity contribution in [2.45, 2.75) is 19.3 Å². The molecule has 0 saturated heterocycles. The fourth-order valence-electron chi connectivity index (χ4n) is 9.50. The molecule has 0 radical (unpaired) electrons. The molecule has 0 amide bonds. The Bertz CT molecular complexity index is 3320. The van der Waals surface area contributed by atoms with Gasteiger partial charge in [0.1, 0.15) is 11.2 Å². The fraction of sp³-hybridized carbons (Fsp3) is 0.0588. The number of hydrogen-bond acceptors (Lipinski definition) is 2. The largest absolute Gasteiger partial charge is 0.456 e. The third-order valence-corrected chi connectivity index (χ3v) is 13.1. The van der Waals surface area contributed by atoms with Gasteiger partial charge in [-0.1, -0.05) is 117 Å². The molecule has 2 aromatic heterocycles. The maximum absolute atomic E-state index is 6.38. The highest BCUT2D eigenvalue weighted by Crippen LogP contribution is 2.53. The maximum Gasteiger partial charge on any atom is 0.136 e. The zero-order valence-electron chi connectivity index (χ0n) is 29.3. The summed E-state index contributed by atoms with van der Waals surface area (Å²) in [7, 11) is 0. The van der Waals surface area contributed by atoms with Crippen LogP contribution in [-0.4, -0.2) is 0 Å². The Morgan fingerprint density at radius 2 is 0.962 bits per heavy atom. The average molecular weight is 693 g/mol. The first-order chi connectivity index (χ1) is 26.0. The van der Waals surface area contributed by atoms with Crippen molar-refractivity contribution < 1.29 is 4.42 Å². The van der Waals surface area contributed by atoms with Crippen molar-refractivity contribution in [1.82, 2.24) is 0 Å². The molecular weight excluding hydrogens is 661 g/mol. The molecule has 0 spiro atoms. The van der Waals surface area contributed by atoms with Gasteiger partial charge in [-0.3, -0.25) is 0 Å². The Morgan fingerprint density at radius 3 is 1.70 bits per heavy atom. The Hall–Kier alpha value is -6.22. The average Bonchev–Trinajstić information content (AvgIpc) is 3.81. The molecule has 0 atom stereocenters. The topological polar surface area (TPSA) is 13.1 Å². The lowest BCUT2D eigenvalue weighted by atomic mass is 9.81. The van der Waals surface area contributed by atoms with Gasteiger partial charge in [-0.25, -0.2) is 0 Å². The van der Waals surface area contributed by atoms with Crippen LogP contribution in [0.2, 0.25) is 0 Å². The van der Waals surface area contributed by atoms with E-state index in [0.29, 0.717) is 0 Å². The van der Waals surface area contributed by atoms with Crippen molar-refractivity contribution in [3.05, 3.63) is 169 Å². The summed E-state index contributed by atoms with van der Waals surface area (Å²) in [6.45, 7) is 4.78. The first kappa shape index (κ1) is 29.4. The molecule has 0 bridgehead atoms. The molecule has 1 nitrogen and oxygen atoms in total. The van der Waals surface area contributed by atoms with E-state index in [2.05, 4.69) is 166 Å². The molecule has 0 N–H and O–H groups in total. The Balaban J connectivity index is 1.08. The van der Waals surface area contributed by atoms with Gasteiger partial charge in [0.2, 0.25) is 0 Å². The SMILES string of the molecule is CC1(C)c2ccc(-c3c4ccccc4c(-c4ccc5c(c4)oc4ccccc45)c4ccccc34)cc2-c2cc3cc4sc5ccccc5c4cc3cc21. The second-order valence-electron chi connectivity index (χ2n) is 15.2. The minimum Gasteiger partial charge on any atom is -0.456 e. The number of rotatable bonds is 2. The van der Waals surface area contributed by atoms with Crippen LogP contribution in [0.1, 0.15) is 25.0 Å². The summed E-state index contributed by atoms with van der Waals surface area (Å²) in [5.41, 5.74) is 12.2. The van der Waals surface area contributed by atoms with Crippen LogP contribution in [0.5, 0.6) is 0 Å². The monoisotopic (exact) mass is 692 g/mol. The number of para-hydroxylation sites is 1. The van der Waals surface area contributed by atoms with Gasteiger partial charge >= 0.3 is 0 Å². The third kappa shape index (κ3) is 4.02. The van der Waals surface area contributed by atoms with E-state index in [9.17, 15) is 0 Å². The van der Waals surface area contributed by atoms with Crippen molar-refractivity contribution in [2.24, 2.45) is 0 Å². The molecule has 0 fully saturated rings. The van der Waals surface area contributed by atoms with E-state index >= 15 is 0 Å². The lowest BCUT2D eigenvalue weighted by Crippen LogP contribution is -2.14. The molecule has 11 aromatic rings. The summed E-state index contributed by atoms with van der Waals surface area (Å²) < 4.78 is 9.08. The number of thiophene rings is 1. The number of furan rings is 1. The molecule has 0 saturated carbocycles. The lowest BCUT2D eigenvalue weighted by Gasteiger charge is -2.22. The van der Waals surface area contributed by atoms with Crippen molar-refractivity contribution in [3.63, 3.8) is 0 Å². The predicted octanol–water partition coefficient (Wildman–Crippen LogP) is 15.1. The summed E-state index contributed by atoms with van der Waals surface area (Å²) in [4.78, 5) is 0. The van der Waals surface area contributed by atoms with Crippen molar-refractivity contribution in [2.75, 3.05) is 0 Å². The summed E-state index contributed by atoms with van der Waals surface area (Å²) in [5.74, 6) is 0. The molecule has 2 heterocycles. The second-order valence-corrected chi connectivity index (χ2v) is 16.3. The van der Waals surface area contributed by atoms with Crippen LogP contribution in [0.25, 0.3) is 108 Å². The number of fused-ring (bicyclic) bond motifs is 12. The van der Waals surface area contributed by atoms with Gasteiger partial charge in [0, 0.05) is 36.4 Å². The van der Waals surface area contributed by atoms with E-state index in [0.717, 1.165) is 21.9 Å². The summed E-state index contributed by atoms with van der Waals surface area (Å²) >= 11 is 1.89.